The van der Waals surface area contributed by atoms with Gasteiger partial charge in [0.2, 0.25) is 0 Å². The highest BCUT2D eigenvalue weighted by molar-refractivity contribution is 5.74. The van der Waals surface area contributed by atoms with Crippen LogP contribution in [0.1, 0.15) is 13.8 Å². The average molecular weight is 284 g/mol. The topological polar surface area (TPSA) is 83.5 Å². The molecule has 0 bridgehead atoms. The Morgan fingerprint density at radius 3 is 2.52 bits per heavy atom. The molecule has 21 heavy (non-hydrogen) atoms. The molecule has 1 aromatic carbocycles. The number of nitrogens with zero attached hydrogens (tertiary/aromatic N) is 2. The van der Waals surface area contributed by atoms with Crippen molar-refractivity contribution in [3.63, 3.8) is 0 Å². The summed E-state index contributed by atoms with van der Waals surface area (Å²) in [7, 11) is 0. The molecule has 2 aromatic heterocycles. The van der Waals surface area contributed by atoms with E-state index in [1.54, 1.807) is 0 Å². The summed E-state index contributed by atoms with van der Waals surface area (Å²) in [6, 6.07) is 9.47. The van der Waals surface area contributed by atoms with E-state index in [4.69, 9.17) is 0 Å². The molecule has 0 spiro atoms. The molecule has 0 saturated heterocycles. The van der Waals surface area contributed by atoms with Gasteiger partial charge in [0.05, 0.1) is 0 Å². The molecule has 0 unspecified atom stereocenters. The second-order valence-corrected chi connectivity index (χ2v) is 5.41. The minimum absolute atomic E-state index is 0.206. The van der Waals surface area contributed by atoms with Gasteiger partial charge in [-0.2, -0.15) is 0 Å². The number of aromatic amines is 2. The molecule has 3 rings (SSSR count). The van der Waals surface area contributed by atoms with Crippen LogP contribution < -0.4 is 11.2 Å². The van der Waals surface area contributed by atoms with E-state index in [-0.39, 0.29) is 11.5 Å². The molecule has 0 saturated carbocycles. The number of benzene rings is 1. The largest absolute Gasteiger partial charge is 0.332 e. The van der Waals surface area contributed by atoms with Crippen molar-refractivity contribution in [1.29, 1.82) is 0 Å². The number of fused-ring (bicyclic) bond motifs is 1. The molecular weight excluding hydrogens is 268 g/mol. The van der Waals surface area contributed by atoms with E-state index in [0.717, 1.165) is 5.56 Å². The molecule has 0 atom stereocenters. The zero-order chi connectivity index (χ0) is 15.0. The standard InChI is InChI=1S/C15H16N4O2/c1-9(2)8-19-14(20)11-13(18-15(19)21)17-12(16-11)10-6-4-3-5-7-10/h3-7,9H,8H2,1-2H3,(H,16,17)(H,18,21). The molecule has 6 heteroatoms. The molecule has 0 amide bonds. The zero-order valence-corrected chi connectivity index (χ0v) is 11.9. The molecule has 0 aliphatic rings. The minimum atomic E-state index is -0.424. The smallest absolute Gasteiger partial charge is 0.330 e. The van der Waals surface area contributed by atoms with Crippen LogP contribution in [0.15, 0.2) is 39.9 Å². The fourth-order valence-electron chi connectivity index (χ4n) is 2.28. The van der Waals surface area contributed by atoms with Gasteiger partial charge in [-0.3, -0.25) is 14.3 Å². The number of aromatic nitrogens is 4. The van der Waals surface area contributed by atoms with E-state index in [1.165, 1.54) is 4.57 Å². The number of hydrogen-bond donors (Lipinski definition) is 2. The van der Waals surface area contributed by atoms with Gasteiger partial charge in [0.15, 0.2) is 5.65 Å². The van der Waals surface area contributed by atoms with E-state index in [1.807, 2.05) is 44.2 Å². The second kappa shape index (κ2) is 5.05. The van der Waals surface area contributed by atoms with Gasteiger partial charge in [-0.05, 0) is 5.92 Å². The Morgan fingerprint density at radius 1 is 1.14 bits per heavy atom. The predicted molar refractivity (Wildman–Crippen MR) is 81.2 cm³/mol. The van der Waals surface area contributed by atoms with Crippen molar-refractivity contribution in [2.75, 3.05) is 0 Å². The first-order chi connectivity index (χ1) is 10.1. The van der Waals surface area contributed by atoms with Gasteiger partial charge in [0.1, 0.15) is 11.3 Å². The van der Waals surface area contributed by atoms with Gasteiger partial charge >= 0.3 is 5.69 Å². The lowest BCUT2D eigenvalue weighted by Crippen LogP contribution is -2.36. The average Bonchev–Trinajstić information content (AvgIpc) is 2.88. The Balaban J connectivity index is 2.21. The Bertz CT molecular complexity index is 887. The Labute approximate surface area is 120 Å². The molecular formula is C15H16N4O2. The Kier molecular flexibility index (Phi) is 3.21. The highest BCUT2D eigenvalue weighted by Crippen LogP contribution is 2.16. The maximum atomic E-state index is 12.4. The highest BCUT2D eigenvalue weighted by atomic mass is 16.2. The lowest BCUT2D eigenvalue weighted by Gasteiger charge is -2.06. The maximum absolute atomic E-state index is 12.4. The maximum Gasteiger partial charge on any atom is 0.330 e. The third-order valence-electron chi connectivity index (χ3n) is 3.23. The lowest BCUT2D eigenvalue weighted by atomic mass is 10.2. The summed E-state index contributed by atoms with van der Waals surface area (Å²) in [6.45, 7) is 4.29. The van der Waals surface area contributed by atoms with Crippen molar-refractivity contribution in [3.8, 4) is 11.4 Å². The monoisotopic (exact) mass is 284 g/mol. The highest BCUT2D eigenvalue weighted by Gasteiger charge is 2.13. The lowest BCUT2D eigenvalue weighted by molar-refractivity contribution is 0.495. The van der Waals surface area contributed by atoms with Gasteiger partial charge in [-0.15, -0.1) is 0 Å². The van der Waals surface area contributed by atoms with Crippen molar-refractivity contribution in [3.05, 3.63) is 51.2 Å². The van der Waals surface area contributed by atoms with E-state index < -0.39 is 5.69 Å². The van der Waals surface area contributed by atoms with Crippen LogP contribution in [0, 0.1) is 5.92 Å². The third-order valence-corrected chi connectivity index (χ3v) is 3.23. The first-order valence-corrected chi connectivity index (χ1v) is 6.84. The third kappa shape index (κ3) is 2.40. The molecule has 0 fully saturated rings. The van der Waals surface area contributed by atoms with Crippen molar-refractivity contribution in [2.24, 2.45) is 5.92 Å². The summed E-state index contributed by atoms with van der Waals surface area (Å²) >= 11 is 0. The SMILES string of the molecule is CC(C)Cn1c(=O)[nH]c2nc(-c3ccccc3)[nH]c2c1=O. The minimum Gasteiger partial charge on any atom is -0.332 e. The number of H-pyrrole nitrogens is 2. The van der Waals surface area contributed by atoms with Crippen molar-refractivity contribution < 1.29 is 0 Å². The normalized spacial score (nSPS) is 11.4. The molecule has 3 aromatic rings. The van der Waals surface area contributed by atoms with Crippen LogP contribution in [-0.2, 0) is 6.54 Å². The predicted octanol–water partition coefficient (Wildman–Crippen LogP) is 1.74. The quantitative estimate of drug-likeness (QED) is 0.768. The first kappa shape index (κ1) is 13.4. The van der Waals surface area contributed by atoms with E-state index >= 15 is 0 Å². The Morgan fingerprint density at radius 2 is 1.86 bits per heavy atom. The van der Waals surface area contributed by atoms with Crippen LogP contribution in [0.5, 0.6) is 0 Å². The molecule has 0 aliphatic carbocycles. The number of imidazole rings is 1. The fraction of sp³-hybridized carbons (Fsp3) is 0.267. The molecule has 0 aliphatic heterocycles. The van der Waals surface area contributed by atoms with Crippen molar-refractivity contribution in [1.82, 2.24) is 19.5 Å². The van der Waals surface area contributed by atoms with Crippen molar-refractivity contribution >= 4 is 11.2 Å². The van der Waals surface area contributed by atoms with Crippen LogP contribution in [-0.4, -0.2) is 19.5 Å². The van der Waals surface area contributed by atoms with Crippen LogP contribution in [0.3, 0.4) is 0 Å². The van der Waals surface area contributed by atoms with Gasteiger partial charge in [-0.1, -0.05) is 44.2 Å². The van der Waals surface area contributed by atoms with Crippen LogP contribution in [0.2, 0.25) is 0 Å². The van der Waals surface area contributed by atoms with Crippen LogP contribution in [0.25, 0.3) is 22.6 Å². The van der Waals surface area contributed by atoms with E-state index in [9.17, 15) is 9.59 Å². The van der Waals surface area contributed by atoms with E-state index in [0.29, 0.717) is 23.5 Å². The van der Waals surface area contributed by atoms with Crippen LogP contribution >= 0.6 is 0 Å². The first-order valence-electron chi connectivity index (χ1n) is 6.84. The van der Waals surface area contributed by atoms with Crippen LogP contribution in [0.4, 0.5) is 0 Å². The number of nitrogens with one attached hydrogen (secondary N) is 2. The Hall–Kier alpha value is -2.63. The summed E-state index contributed by atoms with van der Waals surface area (Å²) in [5.74, 6) is 0.776. The van der Waals surface area contributed by atoms with Crippen molar-refractivity contribution in [2.45, 2.75) is 20.4 Å². The van der Waals surface area contributed by atoms with E-state index in [2.05, 4.69) is 15.0 Å². The summed E-state index contributed by atoms with van der Waals surface area (Å²) < 4.78 is 1.21. The molecule has 2 N–H and O–H groups in total. The molecule has 0 radical (unpaired) electrons. The molecule has 2 heterocycles. The summed E-state index contributed by atoms with van der Waals surface area (Å²) in [5.41, 5.74) is 0.728. The van der Waals surface area contributed by atoms with Gasteiger partial charge in [0.25, 0.3) is 5.56 Å². The zero-order valence-electron chi connectivity index (χ0n) is 11.9. The summed E-state index contributed by atoms with van der Waals surface area (Å²) in [6.07, 6.45) is 0. The summed E-state index contributed by atoms with van der Waals surface area (Å²) in [4.78, 5) is 34.4. The van der Waals surface area contributed by atoms with Gasteiger partial charge in [-0.25, -0.2) is 9.78 Å². The van der Waals surface area contributed by atoms with Gasteiger partial charge < -0.3 is 4.98 Å². The molecule has 6 nitrogen and oxygen atoms in total. The van der Waals surface area contributed by atoms with Gasteiger partial charge in [0, 0.05) is 12.1 Å². The summed E-state index contributed by atoms with van der Waals surface area (Å²) in [5, 5.41) is 0. The number of rotatable bonds is 3. The molecule has 108 valence electrons. The second-order valence-electron chi connectivity index (χ2n) is 5.41. The number of hydrogen-bond acceptors (Lipinski definition) is 3. The fourth-order valence-corrected chi connectivity index (χ4v) is 2.28.